The second-order valence-corrected chi connectivity index (χ2v) is 9.46. The zero-order valence-electron chi connectivity index (χ0n) is 19.4. The summed E-state index contributed by atoms with van der Waals surface area (Å²) in [5, 5.41) is 15.6. The van der Waals surface area contributed by atoms with Crippen LogP contribution < -0.4 is 10.9 Å². The van der Waals surface area contributed by atoms with E-state index in [-0.39, 0.29) is 36.0 Å². The van der Waals surface area contributed by atoms with E-state index in [0.29, 0.717) is 34.6 Å². The zero-order chi connectivity index (χ0) is 23.9. The van der Waals surface area contributed by atoms with Gasteiger partial charge in [0.25, 0.3) is 5.56 Å². The van der Waals surface area contributed by atoms with E-state index in [1.807, 2.05) is 6.92 Å². The van der Waals surface area contributed by atoms with Gasteiger partial charge < -0.3 is 19.7 Å². The number of carbonyl (C=O) groups excluding carboxylic acids is 1. The lowest BCUT2D eigenvalue weighted by molar-refractivity contribution is -0.172. The Balaban J connectivity index is 1.69. The zero-order valence-corrected chi connectivity index (χ0v) is 19.4. The Morgan fingerprint density at radius 3 is 2.79 bits per heavy atom. The molecule has 4 heterocycles. The van der Waals surface area contributed by atoms with Crippen LogP contribution in [0.1, 0.15) is 66.1 Å². The number of fused-ring (bicyclic) bond motifs is 5. The van der Waals surface area contributed by atoms with Crippen LogP contribution in [-0.2, 0) is 34.7 Å². The largest absolute Gasteiger partial charge is 0.458 e. The van der Waals surface area contributed by atoms with Crippen molar-refractivity contribution in [3.63, 3.8) is 0 Å². The van der Waals surface area contributed by atoms with Crippen LogP contribution in [-0.4, -0.2) is 27.2 Å². The average Bonchev–Trinajstić information content (AvgIpc) is 3.19. The molecule has 176 valence electrons. The SMILES string of the molecule is CCNC1CCc2c(C)c(F)cc3nc4c(c1c23)Cn1c-4cc2c(c1=O)COC(=O)[C@]2(O)CC. The van der Waals surface area contributed by atoms with Gasteiger partial charge in [0.2, 0.25) is 0 Å². The third-order valence-electron chi connectivity index (χ3n) is 7.83. The van der Waals surface area contributed by atoms with E-state index < -0.39 is 11.6 Å². The molecule has 7 nitrogen and oxygen atoms in total. The lowest BCUT2D eigenvalue weighted by Crippen LogP contribution is -2.44. The number of aryl methyl sites for hydroxylation is 1. The summed E-state index contributed by atoms with van der Waals surface area (Å²) in [7, 11) is 0. The molecular formula is C26H26FN3O4. The summed E-state index contributed by atoms with van der Waals surface area (Å²) in [6, 6.07) is 3.25. The Hall–Kier alpha value is -3.10. The van der Waals surface area contributed by atoms with Crippen LogP contribution in [0.3, 0.4) is 0 Å². The number of ether oxygens (including phenoxy) is 1. The predicted molar refractivity (Wildman–Crippen MR) is 124 cm³/mol. The van der Waals surface area contributed by atoms with Crippen molar-refractivity contribution in [2.24, 2.45) is 0 Å². The summed E-state index contributed by atoms with van der Waals surface area (Å²) in [4.78, 5) is 30.8. The monoisotopic (exact) mass is 463 g/mol. The van der Waals surface area contributed by atoms with E-state index in [1.165, 1.54) is 6.07 Å². The summed E-state index contributed by atoms with van der Waals surface area (Å²) < 4.78 is 21.6. The van der Waals surface area contributed by atoms with Gasteiger partial charge in [0.1, 0.15) is 12.4 Å². The molecule has 0 fully saturated rings. The van der Waals surface area contributed by atoms with Crippen molar-refractivity contribution in [1.29, 1.82) is 0 Å². The molecule has 1 unspecified atom stereocenters. The third kappa shape index (κ3) is 2.61. The number of nitrogens with one attached hydrogen (secondary N) is 1. The predicted octanol–water partition coefficient (Wildman–Crippen LogP) is 3.12. The van der Waals surface area contributed by atoms with Gasteiger partial charge >= 0.3 is 5.97 Å². The molecule has 0 radical (unpaired) electrons. The number of nitrogens with zero attached hydrogens (tertiary/aromatic N) is 2. The van der Waals surface area contributed by atoms with E-state index in [0.717, 1.165) is 41.5 Å². The molecule has 0 saturated heterocycles. The van der Waals surface area contributed by atoms with Gasteiger partial charge in [-0.25, -0.2) is 14.2 Å². The highest BCUT2D eigenvalue weighted by molar-refractivity contribution is 5.93. The van der Waals surface area contributed by atoms with Gasteiger partial charge in [0.05, 0.1) is 29.0 Å². The first-order valence-corrected chi connectivity index (χ1v) is 11.8. The number of halogens is 1. The minimum atomic E-state index is -1.88. The van der Waals surface area contributed by atoms with Crippen molar-refractivity contribution in [3.8, 4) is 11.4 Å². The number of aromatic nitrogens is 2. The Morgan fingerprint density at radius 2 is 2.06 bits per heavy atom. The van der Waals surface area contributed by atoms with Crippen molar-refractivity contribution < 1.29 is 19.0 Å². The van der Waals surface area contributed by atoms with Crippen LogP contribution in [0.25, 0.3) is 22.3 Å². The van der Waals surface area contributed by atoms with Crippen molar-refractivity contribution in [3.05, 3.63) is 61.7 Å². The number of carbonyl (C=O) groups is 1. The Bertz CT molecular complexity index is 1480. The summed E-state index contributed by atoms with van der Waals surface area (Å²) in [6.07, 6.45) is 1.67. The average molecular weight is 464 g/mol. The van der Waals surface area contributed by atoms with E-state index in [9.17, 15) is 19.1 Å². The standard InChI is InChI=1S/C26H26FN3O4/c1-4-26(33)16-8-20-23-14(10-30(20)24(31)15(16)11-34-25(26)32)22-18(28-5-2)7-6-13-12(3)17(27)9-19(29-23)21(13)22/h8-9,18,28,33H,4-7,10-11H2,1-3H3/t18?,26-/m0/s1. The number of benzene rings is 1. The number of aliphatic hydroxyl groups is 1. The highest BCUT2D eigenvalue weighted by Crippen LogP contribution is 2.45. The Labute approximate surface area is 195 Å². The van der Waals surface area contributed by atoms with Gasteiger partial charge in [-0.05, 0) is 55.5 Å². The number of rotatable bonds is 3. The lowest BCUT2D eigenvalue weighted by atomic mass is 9.81. The molecule has 3 aromatic rings. The van der Waals surface area contributed by atoms with Gasteiger partial charge in [-0.2, -0.15) is 0 Å². The molecule has 2 aromatic heterocycles. The van der Waals surface area contributed by atoms with Gasteiger partial charge in [0.15, 0.2) is 5.60 Å². The summed E-state index contributed by atoms with van der Waals surface area (Å²) >= 11 is 0. The third-order valence-corrected chi connectivity index (χ3v) is 7.83. The highest BCUT2D eigenvalue weighted by Gasteiger charge is 2.45. The molecule has 1 aliphatic carbocycles. The molecule has 0 amide bonds. The van der Waals surface area contributed by atoms with Gasteiger partial charge in [-0.1, -0.05) is 13.8 Å². The number of hydrogen-bond acceptors (Lipinski definition) is 6. The minimum Gasteiger partial charge on any atom is -0.458 e. The van der Waals surface area contributed by atoms with Crippen LogP contribution in [0.4, 0.5) is 4.39 Å². The fourth-order valence-electron chi connectivity index (χ4n) is 6.01. The molecule has 0 bridgehead atoms. The van der Waals surface area contributed by atoms with Crippen LogP contribution in [0, 0.1) is 12.7 Å². The maximum atomic E-state index is 14.8. The lowest BCUT2D eigenvalue weighted by Gasteiger charge is -2.31. The second-order valence-electron chi connectivity index (χ2n) is 9.46. The van der Waals surface area contributed by atoms with Crippen molar-refractivity contribution in [1.82, 2.24) is 14.9 Å². The number of hydrogen-bond donors (Lipinski definition) is 2. The smallest absolute Gasteiger partial charge is 0.343 e. The van der Waals surface area contributed by atoms with E-state index in [1.54, 1.807) is 17.6 Å². The first-order chi connectivity index (χ1) is 16.3. The number of esters is 1. The molecule has 2 aliphatic heterocycles. The maximum Gasteiger partial charge on any atom is 0.343 e. The van der Waals surface area contributed by atoms with Gasteiger partial charge in [0, 0.05) is 28.6 Å². The van der Waals surface area contributed by atoms with E-state index in [2.05, 4.69) is 12.2 Å². The normalized spacial score (nSPS) is 22.4. The van der Waals surface area contributed by atoms with Crippen molar-refractivity contribution >= 4 is 16.9 Å². The van der Waals surface area contributed by atoms with Crippen LogP contribution in [0.2, 0.25) is 0 Å². The Kier molecular flexibility index (Phi) is 4.54. The van der Waals surface area contributed by atoms with Crippen LogP contribution in [0.15, 0.2) is 16.9 Å². The van der Waals surface area contributed by atoms with E-state index >= 15 is 0 Å². The first kappa shape index (κ1) is 21.4. The maximum absolute atomic E-state index is 14.8. The molecule has 0 spiro atoms. The number of pyridine rings is 2. The quantitative estimate of drug-likeness (QED) is 0.454. The summed E-state index contributed by atoms with van der Waals surface area (Å²) in [5.74, 6) is -1.03. The molecule has 3 aliphatic rings. The van der Waals surface area contributed by atoms with Gasteiger partial charge in [-0.3, -0.25) is 4.79 Å². The second kappa shape index (κ2) is 7.20. The molecule has 1 aromatic carbocycles. The van der Waals surface area contributed by atoms with Crippen molar-refractivity contribution in [2.45, 2.75) is 64.8 Å². The fraction of sp³-hybridized carbons (Fsp3) is 0.423. The van der Waals surface area contributed by atoms with Crippen LogP contribution >= 0.6 is 0 Å². The molecule has 2 atom stereocenters. The fourth-order valence-corrected chi connectivity index (χ4v) is 6.01. The van der Waals surface area contributed by atoms with Crippen LogP contribution in [0.5, 0.6) is 0 Å². The van der Waals surface area contributed by atoms with Gasteiger partial charge in [-0.15, -0.1) is 0 Å². The Morgan fingerprint density at radius 1 is 1.26 bits per heavy atom. The molecule has 6 rings (SSSR count). The topological polar surface area (TPSA) is 93.5 Å². The summed E-state index contributed by atoms with van der Waals surface area (Å²) in [5.41, 5.74) is 3.78. The highest BCUT2D eigenvalue weighted by atomic mass is 19.1. The summed E-state index contributed by atoms with van der Waals surface area (Å²) in [6.45, 7) is 6.50. The molecule has 0 saturated carbocycles. The molecular weight excluding hydrogens is 437 g/mol. The molecule has 8 heteroatoms. The minimum absolute atomic E-state index is 0.0683. The molecule has 2 N–H and O–H groups in total. The number of cyclic esters (lactones) is 1. The molecule has 34 heavy (non-hydrogen) atoms. The first-order valence-electron chi connectivity index (χ1n) is 11.8. The van der Waals surface area contributed by atoms with Crippen molar-refractivity contribution in [2.75, 3.05) is 6.54 Å². The van der Waals surface area contributed by atoms with E-state index in [4.69, 9.17) is 9.72 Å².